The van der Waals surface area contributed by atoms with Crippen LogP contribution in [0.2, 0.25) is 0 Å². The van der Waals surface area contributed by atoms with Crippen molar-refractivity contribution in [2.24, 2.45) is 11.3 Å². The van der Waals surface area contributed by atoms with E-state index >= 15 is 0 Å². The van der Waals surface area contributed by atoms with E-state index in [4.69, 9.17) is 0 Å². The van der Waals surface area contributed by atoms with Gasteiger partial charge in [0.1, 0.15) is 0 Å². The van der Waals surface area contributed by atoms with Gasteiger partial charge in [-0.1, -0.05) is 6.92 Å². The molecule has 2 heterocycles. The Kier molecular flexibility index (Phi) is 2.85. The topological polar surface area (TPSA) is 6.48 Å². The lowest BCUT2D eigenvalue weighted by molar-refractivity contribution is 0.00184. The maximum Gasteiger partial charge on any atom is 0.000930 e. The summed E-state index contributed by atoms with van der Waals surface area (Å²) in [6.45, 7) is 7.71. The molecule has 2 aliphatic rings. The minimum absolute atomic E-state index is 0.693. The largest absolute Gasteiger partial charge is 0.306 e. The first-order chi connectivity index (χ1) is 6.62. The van der Waals surface area contributed by atoms with Crippen LogP contribution in [0.25, 0.3) is 0 Å². The molecule has 2 nitrogen and oxygen atoms in total. The molecule has 0 bridgehead atoms. The summed E-state index contributed by atoms with van der Waals surface area (Å²) < 4.78 is 0. The zero-order valence-corrected chi connectivity index (χ0v) is 9.92. The number of likely N-dealkylation sites (tertiary alicyclic amines) is 2. The van der Waals surface area contributed by atoms with Crippen LogP contribution in [0, 0.1) is 11.3 Å². The van der Waals surface area contributed by atoms with E-state index in [-0.39, 0.29) is 0 Å². The third kappa shape index (κ3) is 1.82. The summed E-state index contributed by atoms with van der Waals surface area (Å²) in [5.41, 5.74) is 0.693. The van der Waals surface area contributed by atoms with Crippen LogP contribution in [-0.4, -0.2) is 50.1 Å². The lowest BCUT2D eigenvalue weighted by Gasteiger charge is -2.49. The SMILES string of the molecule is CC1CN(C)CCC12CCN(C)CC2. The molecule has 82 valence electrons. The first kappa shape index (κ1) is 10.4. The van der Waals surface area contributed by atoms with E-state index in [0.29, 0.717) is 5.41 Å². The lowest BCUT2D eigenvalue weighted by Crippen LogP contribution is -2.49. The van der Waals surface area contributed by atoms with Crippen molar-refractivity contribution < 1.29 is 0 Å². The molecule has 2 saturated heterocycles. The minimum atomic E-state index is 0.693. The van der Waals surface area contributed by atoms with Gasteiger partial charge < -0.3 is 9.80 Å². The van der Waals surface area contributed by atoms with Crippen LogP contribution in [-0.2, 0) is 0 Å². The molecule has 1 atom stereocenters. The van der Waals surface area contributed by atoms with Crippen molar-refractivity contribution in [2.75, 3.05) is 40.3 Å². The standard InChI is InChI=1S/C12H24N2/c1-11-10-14(3)9-6-12(11)4-7-13(2)8-5-12/h11H,4-10H2,1-3H3. The quantitative estimate of drug-likeness (QED) is 0.581. The highest BCUT2D eigenvalue weighted by molar-refractivity contribution is 4.93. The highest BCUT2D eigenvalue weighted by Gasteiger charge is 2.41. The van der Waals surface area contributed by atoms with Gasteiger partial charge in [0.15, 0.2) is 0 Å². The molecule has 2 fully saturated rings. The average molecular weight is 196 g/mol. The first-order valence-electron chi connectivity index (χ1n) is 5.99. The summed E-state index contributed by atoms with van der Waals surface area (Å²) in [6, 6.07) is 0. The molecular formula is C12H24N2. The van der Waals surface area contributed by atoms with Crippen LogP contribution in [0.4, 0.5) is 0 Å². The van der Waals surface area contributed by atoms with Crippen LogP contribution >= 0.6 is 0 Å². The highest BCUT2D eigenvalue weighted by atomic mass is 15.1. The van der Waals surface area contributed by atoms with Gasteiger partial charge in [0.05, 0.1) is 0 Å². The van der Waals surface area contributed by atoms with Crippen molar-refractivity contribution in [3.8, 4) is 0 Å². The zero-order chi connectivity index (χ0) is 10.2. The van der Waals surface area contributed by atoms with E-state index in [9.17, 15) is 0 Å². The fourth-order valence-electron chi connectivity index (χ4n) is 3.22. The van der Waals surface area contributed by atoms with Gasteiger partial charge in [-0.25, -0.2) is 0 Å². The molecule has 0 aliphatic carbocycles. The van der Waals surface area contributed by atoms with Gasteiger partial charge in [0, 0.05) is 6.54 Å². The van der Waals surface area contributed by atoms with Crippen molar-refractivity contribution in [1.82, 2.24) is 9.80 Å². The second kappa shape index (κ2) is 3.82. The van der Waals surface area contributed by atoms with Crippen molar-refractivity contribution in [3.05, 3.63) is 0 Å². The predicted molar refractivity (Wildman–Crippen MR) is 60.4 cm³/mol. The normalized spacial score (nSPS) is 34.9. The smallest absolute Gasteiger partial charge is 0.000930 e. The molecule has 0 amide bonds. The Morgan fingerprint density at radius 3 is 2.00 bits per heavy atom. The maximum absolute atomic E-state index is 2.49. The maximum atomic E-state index is 2.49. The van der Waals surface area contributed by atoms with Crippen LogP contribution < -0.4 is 0 Å². The predicted octanol–water partition coefficient (Wildman–Crippen LogP) is 1.67. The van der Waals surface area contributed by atoms with Crippen LogP contribution in [0.15, 0.2) is 0 Å². The second-order valence-corrected chi connectivity index (χ2v) is 5.58. The average Bonchev–Trinajstić information content (AvgIpc) is 2.16. The van der Waals surface area contributed by atoms with E-state index in [1.165, 1.54) is 45.4 Å². The van der Waals surface area contributed by atoms with E-state index in [2.05, 4.69) is 30.8 Å². The molecule has 2 aliphatic heterocycles. The fourth-order valence-corrected chi connectivity index (χ4v) is 3.22. The molecule has 0 saturated carbocycles. The van der Waals surface area contributed by atoms with E-state index in [0.717, 1.165) is 5.92 Å². The summed E-state index contributed by atoms with van der Waals surface area (Å²) in [5, 5.41) is 0. The Morgan fingerprint density at radius 2 is 1.43 bits per heavy atom. The number of piperidine rings is 2. The molecule has 0 aromatic heterocycles. The Bertz CT molecular complexity index is 186. The summed E-state index contributed by atoms with van der Waals surface area (Å²) in [7, 11) is 4.52. The van der Waals surface area contributed by atoms with Crippen molar-refractivity contribution in [3.63, 3.8) is 0 Å². The van der Waals surface area contributed by atoms with Crippen LogP contribution in [0.3, 0.4) is 0 Å². The highest BCUT2D eigenvalue weighted by Crippen LogP contribution is 2.44. The Balaban J connectivity index is 2.01. The molecular weight excluding hydrogens is 172 g/mol. The number of hydrogen-bond acceptors (Lipinski definition) is 2. The molecule has 1 unspecified atom stereocenters. The minimum Gasteiger partial charge on any atom is -0.306 e. The summed E-state index contributed by atoms with van der Waals surface area (Å²) in [6.07, 6.45) is 4.29. The Hall–Kier alpha value is -0.0800. The monoisotopic (exact) mass is 196 g/mol. The Morgan fingerprint density at radius 1 is 0.929 bits per heavy atom. The molecule has 14 heavy (non-hydrogen) atoms. The van der Waals surface area contributed by atoms with Crippen LogP contribution in [0.5, 0.6) is 0 Å². The number of rotatable bonds is 0. The first-order valence-corrected chi connectivity index (χ1v) is 5.99. The second-order valence-electron chi connectivity index (χ2n) is 5.58. The van der Waals surface area contributed by atoms with Crippen molar-refractivity contribution in [2.45, 2.75) is 26.2 Å². The third-order valence-corrected chi connectivity index (χ3v) is 4.61. The van der Waals surface area contributed by atoms with Gasteiger partial charge in [-0.3, -0.25) is 0 Å². The third-order valence-electron chi connectivity index (χ3n) is 4.61. The van der Waals surface area contributed by atoms with Gasteiger partial charge in [0.2, 0.25) is 0 Å². The number of nitrogens with zero attached hydrogens (tertiary/aromatic N) is 2. The Labute approximate surface area is 88.3 Å². The van der Waals surface area contributed by atoms with Gasteiger partial charge in [-0.05, 0) is 64.3 Å². The zero-order valence-electron chi connectivity index (χ0n) is 9.92. The van der Waals surface area contributed by atoms with Crippen molar-refractivity contribution >= 4 is 0 Å². The molecule has 0 N–H and O–H groups in total. The van der Waals surface area contributed by atoms with Gasteiger partial charge in [-0.15, -0.1) is 0 Å². The molecule has 1 spiro atoms. The van der Waals surface area contributed by atoms with E-state index in [1.807, 2.05) is 0 Å². The molecule has 2 rings (SSSR count). The van der Waals surface area contributed by atoms with Gasteiger partial charge in [0.25, 0.3) is 0 Å². The summed E-state index contributed by atoms with van der Waals surface area (Å²) >= 11 is 0. The number of hydrogen-bond donors (Lipinski definition) is 0. The molecule has 0 aromatic carbocycles. The van der Waals surface area contributed by atoms with E-state index in [1.54, 1.807) is 0 Å². The van der Waals surface area contributed by atoms with Gasteiger partial charge in [-0.2, -0.15) is 0 Å². The lowest BCUT2D eigenvalue weighted by atomic mass is 9.65. The van der Waals surface area contributed by atoms with E-state index < -0.39 is 0 Å². The van der Waals surface area contributed by atoms with Crippen LogP contribution in [0.1, 0.15) is 26.2 Å². The molecule has 2 heteroatoms. The molecule has 0 radical (unpaired) electrons. The fraction of sp³-hybridized carbons (Fsp3) is 1.00. The van der Waals surface area contributed by atoms with Crippen molar-refractivity contribution in [1.29, 1.82) is 0 Å². The summed E-state index contributed by atoms with van der Waals surface area (Å²) in [5.74, 6) is 0.898. The molecule has 0 aromatic rings. The van der Waals surface area contributed by atoms with Gasteiger partial charge >= 0.3 is 0 Å². The summed E-state index contributed by atoms with van der Waals surface area (Å²) in [4.78, 5) is 4.98.